The second kappa shape index (κ2) is 10.1. The Balaban J connectivity index is 1.23. The minimum absolute atomic E-state index is 0.113. The van der Waals surface area contributed by atoms with Crippen molar-refractivity contribution in [3.63, 3.8) is 0 Å². The summed E-state index contributed by atoms with van der Waals surface area (Å²) in [7, 11) is 0. The zero-order valence-corrected chi connectivity index (χ0v) is 20.1. The largest absolute Gasteiger partial charge is 0.324 e. The number of hydrogen-bond donors (Lipinski definition) is 3. The fraction of sp³-hybridized carbons (Fsp3) is 0.286. The van der Waals surface area contributed by atoms with Crippen LogP contribution in [0.1, 0.15) is 64.5 Å². The lowest BCUT2D eigenvalue weighted by atomic mass is 10.0. The van der Waals surface area contributed by atoms with E-state index < -0.39 is 0 Å². The zero-order chi connectivity index (χ0) is 24.2. The number of nitrogens with zero attached hydrogens (tertiary/aromatic N) is 3. The number of Topliss-reactive ketones (excluding diaryl/α,β-unsaturated/α-hetero) is 1. The van der Waals surface area contributed by atoms with Gasteiger partial charge in [0.15, 0.2) is 11.6 Å². The molecule has 0 amide bonds. The van der Waals surface area contributed by atoms with Crippen LogP contribution in [0.3, 0.4) is 0 Å². The Kier molecular flexibility index (Phi) is 6.57. The van der Waals surface area contributed by atoms with E-state index in [1.54, 1.807) is 0 Å². The Morgan fingerprint density at radius 3 is 2.51 bits per heavy atom. The number of aromatic nitrogens is 4. The summed E-state index contributed by atoms with van der Waals surface area (Å²) in [5.74, 6) is 2.64. The van der Waals surface area contributed by atoms with Gasteiger partial charge in [-0.2, -0.15) is 10.1 Å². The second-order valence-electron chi connectivity index (χ2n) is 9.32. The van der Waals surface area contributed by atoms with Crippen molar-refractivity contribution < 1.29 is 4.79 Å². The molecule has 0 unspecified atom stereocenters. The Morgan fingerprint density at radius 2 is 1.74 bits per heavy atom. The summed E-state index contributed by atoms with van der Waals surface area (Å²) < 4.78 is 0. The van der Waals surface area contributed by atoms with E-state index in [0.717, 1.165) is 33.9 Å². The maximum absolute atomic E-state index is 12.6. The van der Waals surface area contributed by atoms with Crippen molar-refractivity contribution >= 4 is 29.1 Å². The van der Waals surface area contributed by atoms with E-state index in [1.807, 2.05) is 68.4 Å². The van der Waals surface area contributed by atoms with E-state index in [2.05, 4.69) is 36.9 Å². The molecule has 5 rings (SSSR count). The molecule has 0 bridgehead atoms. The molecule has 2 heterocycles. The maximum atomic E-state index is 12.6. The summed E-state index contributed by atoms with van der Waals surface area (Å²) in [4.78, 5) is 21.7. The number of nitrogens with one attached hydrogen (secondary N) is 3. The van der Waals surface area contributed by atoms with E-state index >= 15 is 0 Å². The third-order valence-electron chi connectivity index (χ3n) is 6.42. The molecule has 3 N–H and O–H groups in total. The first kappa shape index (κ1) is 22.8. The zero-order valence-electron chi connectivity index (χ0n) is 20.1. The van der Waals surface area contributed by atoms with Crippen LogP contribution in [-0.4, -0.2) is 25.9 Å². The van der Waals surface area contributed by atoms with Gasteiger partial charge in [-0.1, -0.05) is 48.7 Å². The van der Waals surface area contributed by atoms with Gasteiger partial charge >= 0.3 is 0 Å². The van der Waals surface area contributed by atoms with E-state index in [1.165, 1.54) is 31.4 Å². The molecule has 0 spiro atoms. The lowest BCUT2D eigenvalue weighted by molar-refractivity contribution is 0.0993. The van der Waals surface area contributed by atoms with Crippen molar-refractivity contribution in [1.29, 1.82) is 0 Å². The molecule has 0 radical (unpaired) electrons. The molecule has 7 heteroatoms. The molecule has 178 valence electrons. The molecular weight excluding hydrogens is 436 g/mol. The summed E-state index contributed by atoms with van der Waals surface area (Å²) in [5, 5.41) is 14.1. The number of aryl methyl sites for hydroxylation is 2. The van der Waals surface area contributed by atoms with Crippen LogP contribution in [-0.2, 0) is 6.42 Å². The average molecular weight is 467 g/mol. The first-order valence-electron chi connectivity index (χ1n) is 12.2. The van der Waals surface area contributed by atoms with Gasteiger partial charge in [-0.05, 0) is 50.5 Å². The summed E-state index contributed by atoms with van der Waals surface area (Å²) in [5.41, 5.74) is 5.69. The van der Waals surface area contributed by atoms with Crippen molar-refractivity contribution in [2.45, 2.75) is 51.9 Å². The Bertz CT molecular complexity index is 1320. The van der Waals surface area contributed by atoms with Crippen molar-refractivity contribution in [3.8, 4) is 0 Å². The third kappa shape index (κ3) is 5.74. The van der Waals surface area contributed by atoms with Crippen molar-refractivity contribution in [2.75, 3.05) is 10.6 Å². The standard InChI is InChI=1S/C28H30N6O/c1-18-6-5-9-22(14-18)25(35)16-20-10-12-23(13-11-20)30-28-29-19(2)15-26(32-28)31-27-17-24(33-34-27)21-7-3-4-8-21/h5-6,9-15,17,21H,3-4,7-8,16H2,1-2H3,(H3,29,30,31,32,33,34). The van der Waals surface area contributed by atoms with Gasteiger partial charge in [-0.15, -0.1) is 0 Å². The Morgan fingerprint density at radius 1 is 0.943 bits per heavy atom. The number of anilines is 4. The van der Waals surface area contributed by atoms with Crippen LogP contribution < -0.4 is 10.6 Å². The monoisotopic (exact) mass is 466 g/mol. The first-order valence-corrected chi connectivity index (χ1v) is 12.2. The van der Waals surface area contributed by atoms with Gasteiger partial charge in [-0.3, -0.25) is 9.89 Å². The van der Waals surface area contributed by atoms with Gasteiger partial charge in [0.05, 0.1) is 0 Å². The number of ketones is 1. The molecule has 0 aliphatic heterocycles. The molecule has 1 saturated carbocycles. The molecule has 4 aromatic rings. The van der Waals surface area contributed by atoms with Gasteiger partial charge in [0.25, 0.3) is 0 Å². The van der Waals surface area contributed by atoms with Gasteiger partial charge < -0.3 is 10.6 Å². The third-order valence-corrected chi connectivity index (χ3v) is 6.42. The maximum Gasteiger partial charge on any atom is 0.229 e. The van der Waals surface area contributed by atoms with Crippen molar-refractivity contribution in [1.82, 2.24) is 20.2 Å². The van der Waals surface area contributed by atoms with Gasteiger partial charge in [-0.25, -0.2) is 4.98 Å². The molecule has 2 aromatic heterocycles. The fourth-order valence-corrected chi connectivity index (χ4v) is 4.61. The molecule has 2 aromatic carbocycles. The van der Waals surface area contributed by atoms with Gasteiger partial charge in [0.2, 0.25) is 5.95 Å². The predicted molar refractivity (Wildman–Crippen MR) is 139 cm³/mol. The average Bonchev–Trinajstić information content (AvgIpc) is 3.52. The molecule has 1 aliphatic rings. The molecule has 35 heavy (non-hydrogen) atoms. The topological polar surface area (TPSA) is 95.6 Å². The molecule has 1 fully saturated rings. The van der Waals surface area contributed by atoms with E-state index in [-0.39, 0.29) is 5.78 Å². The number of H-pyrrole nitrogens is 1. The van der Waals surface area contributed by atoms with E-state index in [0.29, 0.717) is 24.1 Å². The van der Waals surface area contributed by atoms with Crippen LogP contribution in [0.25, 0.3) is 0 Å². The Labute approximate surface area is 205 Å². The van der Waals surface area contributed by atoms with Crippen LogP contribution in [0.15, 0.2) is 60.7 Å². The number of carbonyl (C=O) groups is 1. The molecule has 1 aliphatic carbocycles. The van der Waals surface area contributed by atoms with Crippen LogP contribution in [0.4, 0.5) is 23.3 Å². The van der Waals surface area contributed by atoms with Crippen molar-refractivity contribution in [2.24, 2.45) is 0 Å². The summed E-state index contributed by atoms with van der Waals surface area (Å²) in [6.45, 7) is 3.93. The van der Waals surface area contributed by atoms with Gasteiger partial charge in [0.1, 0.15) is 5.82 Å². The van der Waals surface area contributed by atoms with E-state index in [4.69, 9.17) is 0 Å². The minimum atomic E-state index is 0.113. The summed E-state index contributed by atoms with van der Waals surface area (Å²) >= 11 is 0. The summed E-state index contributed by atoms with van der Waals surface area (Å²) in [6.07, 6.45) is 5.39. The highest BCUT2D eigenvalue weighted by atomic mass is 16.1. The van der Waals surface area contributed by atoms with Crippen molar-refractivity contribution in [3.05, 3.63) is 88.7 Å². The Hall–Kier alpha value is -4.00. The lowest BCUT2D eigenvalue weighted by Crippen LogP contribution is -2.04. The smallest absolute Gasteiger partial charge is 0.229 e. The van der Waals surface area contributed by atoms with Crippen LogP contribution >= 0.6 is 0 Å². The highest BCUT2D eigenvalue weighted by Gasteiger charge is 2.19. The minimum Gasteiger partial charge on any atom is -0.324 e. The highest BCUT2D eigenvalue weighted by molar-refractivity contribution is 5.97. The van der Waals surface area contributed by atoms with Gasteiger partial charge in [0, 0.05) is 47.1 Å². The predicted octanol–water partition coefficient (Wildman–Crippen LogP) is 6.39. The fourth-order valence-electron chi connectivity index (χ4n) is 4.61. The normalized spacial score (nSPS) is 13.7. The number of benzene rings is 2. The molecule has 0 atom stereocenters. The number of carbonyl (C=O) groups excluding carboxylic acids is 1. The van der Waals surface area contributed by atoms with Crippen LogP contribution in [0.2, 0.25) is 0 Å². The van der Waals surface area contributed by atoms with E-state index in [9.17, 15) is 4.79 Å². The molecular formula is C28H30N6O. The van der Waals surface area contributed by atoms with Crippen LogP contribution in [0, 0.1) is 13.8 Å². The number of rotatable bonds is 8. The van der Waals surface area contributed by atoms with Crippen LogP contribution in [0.5, 0.6) is 0 Å². The lowest BCUT2D eigenvalue weighted by Gasteiger charge is -2.09. The summed E-state index contributed by atoms with van der Waals surface area (Å²) in [6, 6.07) is 19.5. The number of aromatic amines is 1. The SMILES string of the molecule is Cc1cccc(C(=O)Cc2ccc(Nc3nc(C)cc(Nc4cc(C5CCCC5)[nH]n4)n3)cc2)c1. The highest BCUT2D eigenvalue weighted by Crippen LogP contribution is 2.34. The molecule has 0 saturated heterocycles. The molecule has 7 nitrogen and oxygen atoms in total. The number of hydrogen-bond acceptors (Lipinski definition) is 6. The quantitative estimate of drug-likeness (QED) is 0.261. The first-order chi connectivity index (χ1) is 17.0. The second-order valence-corrected chi connectivity index (χ2v) is 9.32.